The van der Waals surface area contributed by atoms with Crippen LogP contribution in [-0.4, -0.2) is 43.4 Å². The Kier molecular flexibility index (Phi) is 4.78. The van der Waals surface area contributed by atoms with Crippen molar-refractivity contribution in [3.8, 4) is 0 Å². The largest absolute Gasteiger partial charge is 0.361 e. The fraction of sp³-hybridized carbons (Fsp3) is 0.273. The lowest BCUT2D eigenvalue weighted by molar-refractivity contribution is -0.144. The second kappa shape index (κ2) is 7.27. The van der Waals surface area contributed by atoms with E-state index in [2.05, 4.69) is 4.72 Å². The zero-order valence-corrected chi connectivity index (χ0v) is 17.8. The summed E-state index contributed by atoms with van der Waals surface area (Å²) in [6, 6.07) is 15.1. The van der Waals surface area contributed by atoms with Gasteiger partial charge in [0.1, 0.15) is 5.60 Å². The number of rotatable bonds is 6. The lowest BCUT2D eigenvalue weighted by atomic mass is 9.77. The van der Waals surface area contributed by atoms with E-state index in [0.717, 1.165) is 5.56 Å². The molecule has 2 amide bonds. The standard InChI is InChI=1S/C22H19ClN2O5S/c23-15-6-8-16(9-7-15)31(28,29)24-13-22-11-10-17(30-22)18-19(22)21(27)25(20(18)26)12-14-4-2-1-3-5-14/h1-11,17-19,24H,12-13H2. The molecule has 4 unspecified atom stereocenters. The van der Waals surface area contributed by atoms with Gasteiger partial charge in [0.25, 0.3) is 0 Å². The number of nitrogens with zero attached hydrogens (tertiary/aromatic N) is 1. The second-order valence-corrected chi connectivity index (χ2v) is 10.1. The molecular weight excluding hydrogens is 440 g/mol. The summed E-state index contributed by atoms with van der Waals surface area (Å²) in [6.45, 7) is 0.0368. The van der Waals surface area contributed by atoms with Crippen LogP contribution < -0.4 is 4.72 Å². The van der Waals surface area contributed by atoms with Crippen LogP contribution in [0.3, 0.4) is 0 Å². The van der Waals surface area contributed by atoms with Crippen molar-refractivity contribution in [1.29, 1.82) is 0 Å². The minimum Gasteiger partial charge on any atom is -0.361 e. The van der Waals surface area contributed by atoms with E-state index in [0.29, 0.717) is 5.02 Å². The van der Waals surface area contributed by atoms with Crippen LogP contribution in [0.2, 0.25) is 5.02 Å². The normalized spacial score (nSPS) is 29.1. The van der Waals surface area contributed by atoms with Crippen molar-refractivity contribution in [1.82, 2.24) is 9.62 Å². The van der Waals surface area contributed by atoms with Gasteiger partial charge in [0, 0.05) is 11.6 Å². The van der Waals surface area contributed by atoms with E-state index >= 15 is 0 Å². The molecule has 1 N–H and O–H groups in total. The molecule has 3 heterocycles. The Morgan fingerprint density at radius 1 is 1.03 bits per heavy atom. The van der Waals surface area contributed by atoms with Crippen LogP contribution in [0.25, 0.3) is 0 Å². The number of likely N-dealkylation sites (tertiary alicyclic amines) is 1. The first kappa shape index (κ1) is 20.4. The zero-order valence-electron chi connectivity index (χ0n) is 16.3. The highest BCUT2D eigenvalue weighted by molar-refractivity contribution is 7.89. The first-order chi connectivity index (χ1) is 14.8. The molecule has 3 aliphatic rings. The minimum absolute atomic E-state index is 0.0564. The number of hydrogen-bond donors (Lipinski definition) is 1. The predicted octanol–water partition coefficient (Wildman–Crippen LogP) is 2.13. The van der Waals surface area contributed by atoms with Crippen LogP contribution in [0.1, 0.15) is 5.56 Å². The number of benzene rings is 2. The second-order valence-electron chi connectivity index (χ2n) is 7.93. The molecule has 3 aliphatic heterocycles. The molecule has 9 heteroatoms. The number of sulfonamides is 1. The zero-order chi connectivity index (χ0) is 21.8. The van der Waals surface area contributed by atoms with Crippen LogP contribution in [0, 0.1) is 11.8 Å². The summed E-state index contributed by atoms with van der Waals surface area (Å²) in [7, 11) is -3.85. The van der Waals surface area contributed by atoms with Gasteiger partial charge >= 0.3 is 0 Å². The molecule has 2 fully saturated rings. The first-order valence-corrected chi connectivity index (χ1v) is 11.7. The lowest BCUT2D eigenvalue weighted by Gasteiger charge is -2.29. The van der Waals surface area contributed by atoms with E-state index in [-0.39, 0.29) is 29.8 Å². The van der Waals surface area contributed by atoms with E-state index in [1.807, 2.05) is 30.3 Å². The van der Waals surface area contributed by atoms with Gasteiger partial charge in [-0.05, 0) is 29.8 Å². The van der Waals surface area contributed by atoms with Gasteiger partial charge in [-0.2, -0.15) is 0 Å². The number of imide groups is 1. The van der Waals surface area contributed by atoms with Crippen LogP contribution in [0.5, 0.6) is 0 Å². The molecule has 2 aromatic rings. The Balaban J connectivity index is 1.38. The van der Waals surface area contributed by atoms with E-state index in [1.165, 1.54) is 29.2 Å². The molecule has 160 valence electrons. The van der Waals surface area contributed by atoms with E-state index in [4.69, 9.17) is 16.3 Å². The quantitative estimate of drug-likeness (QED) is 0.528. The topological polar surface area (TPSA) is 92.8 Å². The smallest absolute Gasteiger partial charge is 0.240 e. The number of amides is 2. The summed E-state index contributed by atoms with van der Waals surface area (Å²) >= 11 is 5.84. The summed E-state index contributed by atoms with van der Waals surface area (Å²) in [5.41, 5.74) is -0.338. The Labute approximate surface area is 184 Å². The van der Waals surface area contributed by atoms with E-state index in [1.54, 1.807) is 12.2 Å². The predicted molar refractivity (Wildman–Crippen MR) is 112 cm³/mol. The van der Waals surface area contributed by atoms with Crippen LogP contribution in [0.15, 0.2) is 71.6 Å². The molecule has 7 nitrogen and oxygen atoms in total. The average molecular weight is 459 g/mol. The summed E-state index contributed by atoms with van der Waals surface area (Å²) in [6.07, 6.45) is 2.91. The number of carbonyl (C=O) groups excluding carboxylic acids is 2. The maximum atomic E-state index is 13.2. The molecule has 5 rings (SSSR count). The lowest BCUT2D eigenvalue weighted by Crippen LogP contribution is -2.48. The summed E-state index contributed by atoms with van der Waals surface area (Å²) in [4.78, 5) is 27.6. The highest BCUT2D eigenvalue weighted by Gasteiger charge is 2.67. The van der Waals surface area contributed by atoms with Crippen molar-refractivity contribution in [3.63, 3.8) is 0 Å². The molecule has 0 radical (unpaired) electrons. The number of hydrogen-bond acceptors (Lipinski definition) is 5. The summed E-state index contributed by atoms with van der Waals surface area (Å²) in [5, 5.41) is 0.426. The molecule has 4 atom stereocenters. The maximum absolute atomic E-state index is 13.2. The van der Waals surface area contributed by atoms with Gasteiger partial charge < -0.3 is 4.74 Å². The van der Waals surface area contributed by atoms with Crippen molar-refractivity contribution in [2.24, 2.45) is 11.8 Å². The fourth-order valence-corrected chi connectivity index (χ4v) is 5.80. The van der Waals surface area contributed by atoms with Crippen molar-refractivity contribution >= 4 is 33.4 Å². The number of ether oxygens (including phenoxy) is 1. The highest BCUT2D eigenvalue weighted by atomic mass is 35.5. The number of fused-ring (bicyclic) bond motifs is 5. The maximum Gasteiger partial charge on any atom is 0.240 e. The molecule has 0 aromatic heterocycles. The summed E-state index contributed by atoms with van der Waals surface area (Å²) < 4.78 is 34.0. The van der Waals surface area contributed by atoms with E-state index in [9.17, 15) is 18.0 Å². The van der Waals surface area contributed by atoms with Crippen LogP contribution in [-0.2, 0) is 30.9 Å². The monoisotopic (exact) mass is 458 g/mol. The van der Waals surface area contributed by atoms with Crippen molar-refractivity contribution < 1.29 is 22.7 Å². The number of nitrogens with one attached hydrogen (secondary N) is 1. The third kappa shape index (κ3) is 3.30. The highest BCUT2D eigenvalue weighted by Crippen LogP contribution is 2.51. The molecule has 2 saturated heterocycles. The van der Waals surface area contributed by atoms with Gasteiger partial charge in [-0.3, -0.25) is 14.5 Å². The Bertz CT molecular complexity index is 1180. The average Bonchev–Trinajstić information content (AvgIpc) is 3.40. The number of carbonyl (C=O) groups is 2. The molecule has 0 spiro atoms. The van der Waals surface area contributed by atoms with Gasteiger partial charge in [-0.15, -0.1) is 0 Å². The Hall–Kier alpha value is -2.52. The Morgan fingerprint density at radius 2 is 1.74 bits per heavy atom. The molecule has 2 bridgehead atoms. The summed E-state index contributed by atoms with van der Waals surface area (Å²) in [5.74, 6) is -2.01. The number of halogens is 1. The molecular formula is C22H19ClN2O5S. The van der Waals surface area contributed by atoms with Crippen molar-refractivity contribution in [2.75, 3.05) is 6.54 Å². The molecule has 0 aliphatic carbocycles. The van der Waals surface area contributed by atoms with Gasteiger partial charge in [0.15, 0.2) is 0 Å². The van der Waals surface area contributed by atoms with Crippen molar-refractivity contribution in [2.45, 2.75) is 23.1 Å². The van der Waals surface area contributed by atoms with Gasteiger partial charge in [0.05, 0.1) is 29.4 Å². The van der Waals surface area contributed by atoms with Crippen LogP contribution >= 0.6 is 11.6 Å². The van der Waals surface area contributed by atoms with Gasteiger partial charge in [-0.1, -0.05) is 54.1 Å². The van der Waals surface area contributed by atoms with Gasteiger partial charge in [0.2, 0.25) is 21.8 Å². The third-order valence-corrected chi connectivity index (χ3v) is 7.76. The van der Waals surface area contributed by atoms with Crippen molar-refractivity contribution in [3.05, 3.63) is 77.3 Å². The van der Waals surface area contributed by atoms with Crippen LogP contribution in [0.4, 0.5) is 0 Å². The molecule has 31 heavy (non-hydrogen) atoms. The van der Waals surface area contributed by atoms with E-state index < -0.39 is 33.6 Å². The molecule has 2 aromatic carbocycles. The Morgan fingerprint density at radius 3 is 2.45 bits per heavy atom. The first-order valence-electron chi connectivity index (χ1n) is 9.82. The molecule has 0 saturated carbocycles. The fourth-order valence-electron chi connectivity index (χ4n) is 4.59. The van der Waals surface area contributed by atoms with Gasteiger partial charge in [-0.25, -0.2) is 13.1 Å². The third-order valence-electron chi connectivity index (χ3n) is 6.09. The SMILES string of the molecule is O=C1C2C3C=CC(CNS(=O)(=O)c4ccc(Cl)cc4)(O3)C2C(=O)N1Cc1ccccc1. The minimum atomic E-state index is -3.85.